The number of aromatic nitrogens is 2. The zero-order valence-corrected chi connectivity index (χ0v) is 14.9. The van der Waals surface area contributed by atoms with Crippen molar-refractivity contribution in [3.63, 3.8) is 0 Å². The van der Waals surface area contributed by atoms with Gasteiger partial charge in [0.15, 0.2) is 0 Å². The molecule has 1 aliphatic rings. The van der Waals surface area contributed by atoms with Crippen LogP contribution in [0.25, 0.3) is 0 Å². The van der Waals surface area contributed by atoms with Gasteiger partial charge >= 0.3 is 6.03 Å². The highest BCUT2D eigenvalue weighted by Gasteiger charge is 2.24. The van der Waals surface area contributed by atoms with Crippen LogP contribution >= 0.6 is 11.6 Å². The number of amides is 2. The largest absolute Gasteiger partial charge is 0.394 e. The van der Waals surface area contributed by atoms with Crippen LogP contribution in [0.15, 0.2) is 24.4 Å². The van der Waals surface area contributed by atoms with E-state index >= 15 is 0 Å². The summed E-state index contributed by atoms with van der Waals surface area (Å²) in [6.07, 6.45) is 2.42. The Kier molecular flexibility index (Phi) is 5.53. The number of hydrogen-bond acceptors (Lipinski definition) is 5. The molecule has 1 atom stereocenters. The summed E-state index contributed by atoms with van der Waals surface area (Å²) < 4.78 is 13.3. The molecule has 0 bridgehead atoms. The van der Waals surface area contributed by atoms with E-state index in [2.05, 4.69) is 20.6 Å². The van der Waals surface area contributed by atoms with Crippen LogP contribution in [0.1, 0.15) is 22.9 Å². The molecule has 1 aromatic heterocycles. The van der Waals surface area contributed by atoms with E-state index in [0.29, 0.717) is 31.0 Å². The van der Waals surface area contributed by atoms with E-state index in [0.717, 1.165) is 11.3 Å². The summed E-state index contributed by atoms with van der Waals surface area (Å²) in [4.78, 5) is 22.8. The predicted molar refractivity (Wildman–Crippen MR) is 95.5 cm³/mol. The molecule has 3 N–H and O–H groups in total. The number of hydrogen-bond donors (Lipinski definition) is 3. The molecule has 0 radical (unpaired) electrons. The maximum absolute atomic E-state index is 13.3. The van der Waals surface area contributed by atoms with E-state index < -0.39 is 11.9 Å². The van der Waals surface area contributed by atoms with Gasteiger partial charge in [0.1, 0.15) is 5.82 Å². The molecule has 0 spiro atoms. The Morgan fingerprint density at radius 2 is 2.31 bits per heavy atom. The molecule has 7 nitrogen and oxygen atoms in total. The topological polar surface area (TPSA) is 90.4 Å². The molecule has 0 unspecified atom stereocenters. The van der Waals surface area contributed by atoms with Gasteiger partial charge in [-0.25, -0.2) is 19.2 Å². The summed E-state index contributed by atoms with van der Waals surface area (Å²) in [6.45, 7) is 0.536. The molecular weight excluding hydrogens is 361 g/mol. The van der Waals surface area contributed by atoms with Gasteiger partial charge in [0, 0.05) is 19.8 Å². The van der Waals surface area contributed by atoms with E-state index in [1.165, 1.54) is 18.2 Å². The SMILES string of the molecule is CNc1ncc2c(n1)CN(C(=O)N[C@H](CO)c1ccc(F)c(Cl)c1)CC2. The van der Waals surface area contributed by atoms with Crippen LogP contribution < -0.4 is 10.6 Å². The molecule has 3 rings (SSSR count). The lowest BCUT2D eigenvalue weighted by atomic mass is 10.1. The van der Waals surface area contributed by atoms with Crippen LogP contribution in [0.3, 0.4) is 0 Å². The number of benzene rings is 1. The molecule has 0 aliphatic carbocycles. The third-order valence-corrected chi connectivity index (χ3v) is 4.57. The molecule has 26 heavy (non-hydrogen) atoms. The summed E-state index contributed by atoms with van der Waals surface area (Å²) in [7, 11) is 1.73. The zero-order valence-electron chi connectivity index (χ0n) is 14.2. The van der Waals surface area contributed by atoms with E-state index in [9.17, 15) is 14.3 Å². The van der Waals surface area contributed by atoms with E-state index in [1.54, 1.807) is 18.1 Å². The lowest BCUT2D eigenvalue weighted by molar-refractivity contribution is 0.176. The molecule has 138 valence electrons. The first kappa shape index (κ1) is 18.3. The van der Waals surface area contributed by atoms with Crippen molar-refractivity contribution in [2.75, 3.05) is 25.5 Å². The minimum Gasteiger partial charge on any atom is -0.394 e. The molecule has 1 aromatic carbocycles. The van der Waals surface area contributed by atoms with Gasteiger partial charge in [-0.3, -0.25) is 0 Å². The molecule has 0 fully saturated rings. The molecular formula is C17H19ClFN5O2. The smallest absolute Gasteiger partial charge is 0.318 e. The summed E-state index contributed by atoms with van der Waals surface area (Å²) in [5, 5.41) is 15.2. The third kappa shape index (κ3) is 3.86. The Labute approximate surface area is 155 Å². The van der Waals surface area contributed by atoms with Crippen molar-refractivity contribution >= 4 is 23.6 Å². The summed E-state index contributed by atoms with van der Waals surface area (Å²) in [6, 6.07) is 3.08. The number of aliphatic hydroxyl groups excluding tert-OH is 1. The standard InChI is InChI=1S/C17H19ClFN5O2/c1-20-16-21-7-11-4-5-24(8-14(11)22-16)17(26)23-15(9-25)10-2-3-13(19)12(18)6-10/h2-3,6-7,15,25H,4-5,8-9H2,1H3,(H,23,26)(H,20,21,22)/t15-/m1/s1. The van der Waals surface area contributed by atoms with Gasteiger partial charge in [0.2, 0.25) is 5.95 Å². The highest BCUT2D eigenvalue weighted by molar-refractivity contribution is 6.30. The molecule has 2 aromatic rings. The van der Waals surface area contributed by atoms with Gasteiger partial charge in [-0.1, -0.05) is 17.7 Å². The number of nitrogens with one attached hydrogen (secondary N) is 2. The Balaban J connectivity index is 1.71. The van der Waals surface area contributed by atoms with Crippen molar-refractivity contribution in [3.8, 4) is 0 Å². The Morgan fingerprint density at radius 3 is 3.00 bits per heavy atom. The number of urea groups is 1. The third-order valence-electron chi connectivity index (χ3n) is 4.28. The van der Waals surface area contributed by atoms with Crippen molar-refractivity contribution in [2.24, 2.45) is 0 Å². The molecule has 9 heteroatoms. The van der Waals surface area contributed by atoms with Crippen LogP contribution in [-0.2, 0) is 13.0 Å². The van der Waals surface area contributed by atoms with Gasteiger partial charge in [0.25, 0.3) is 0 Å². The van der Waals surface area contributed by atoms with Crippen molar-refractivity contribution in [3.05, 3.63) is 52.1 Å². The van der Waals surface area contributed by atoms with Gasteiger partial charge in [-0.2, -0.15) is 0 Å². The summed E-state index contributed by atoms with van der Waals surface area (Å²) >= 11 is 5.79. The number of aliphatic hydroxyl groups is 1. The average molecular weight is 380 g/mol. The molecule has 0 saturated carbocycles. The molecule has 2 heterocycles. The highest BCUT2D eigenvalue weighted by atomic mass is 35.5. The number of carbonyl (C=O) groups is 1. The van der Waals surface area contributed by atoms with Crippen molar-refractivity contribution in [2.45, 2.75) is 19.0 Å². The first-order valence-electron chi connectivity index (χ1n) is 8.15. The Morgan fingerprint density at radius 1 is 1.50 bits per heavy atom. The van der Waals surface area contributed by atoms with E-state index in [4.69, 9.17) is 11.6 Å². The van der Waals surface area contributed by atoms with Gasteiger partial charge in [-0.15, -0.1) is 0 Å². The average Bonchev–Trinajstić information content (AvgIpc) is 2.67. The van der Waals surface area contributed by atoms with Gasteiger partial charge in [-0.05, 0) is 29.7 Å². The number of anilines is 1. The minimum absolute atomic E-state index is 0.0570. The monoisotopic (exact) mass is 379 g/mol. The van der Waals surface area contributed by atoms with Crippen LogP contribution in [0.4, 0.5) is 15.1 Å². The fraction of sp³-hybridized carbons (Fsp3) is 0.353. The van der Waals surface area contributed by atoms with E-state index in [-0.39, 0.29) is 17.7 Å². The number of carbonyl (C=O) groups excluding carboxylic acids is 1. The van der Waals surface area contributed by atoms with Gasteiger partial charge < -0.3 is 20.6 Å². The van der Waals surface area contributed by atoms with E-state index in [1.807, 2.05) is 0 Å². The summed E-state index contributed by atoms with van der Waals surface area (Å²) in [5.41, 5.74) is 2.33. The number of halogens is 2. The van der Waals surface area contributed by atoms with Crippen LogP contribution in [0, 0.1) is 5.82 Å². The van der Waals surface area contributed by atoms with Crippen LogP contribution in [-0.4, -0.2) is 46.2 Å². The quantitative estimate of drug-likeness (QED) is 0.757. The maximum Gasteiger partial charge on any atom is 0.318 e. The predicted octanol–water partition coefficient (Wildman–Crippen LogP) is 2.11. The molecule has 0 saturated heterocycles. The van der Waals surface area contributed by atoms with Crippen molar-refractivity contribution < 1.29 is 14.3 Å². The fourth-order valence-corrected chi connectivity index (χ4v) is 2.99. The first-order valence-corrected chi connectivity index (χ1v) is 8.53. The van der Waals surface area contributed by atoms with Gasteiger partial charge in [0.05, 0.1) is 29.9 Å². The number of fused-ring (bicyclic) bond motifs is 1. The summed E-state index contributed by atoms with van der Waals surface area (Å²) in [5.74, 6) is -0.0497. The second kappa shape index (κ2) is 7.84. The first-order chi connectivity index (χ1) is 12.5. The lowest BCUT2D eigenvalue weighted by Gasteiger charge is -2.30. The Bertz CT molecular complexity index is 820. The zero-order chi connectivity index (χ0) is 18.7. The normalized spacial score (nSPS) is 14.5. The fourth-order valence-electron chi connectivity index (χ4n) is 2.80. The highest BCUT2D eigenvalue weighted by Crippen LogP contribution is 2.22. The van der Waals surface area contributed by atoms with Crippen molar-refractivity contribution in [1.82, 2.24) is 20.2 Å². The van der Waals surface area contributed by atoms with Crippen molar-refractivity contribution in [1.29, 1.82) is 0 Å². The number of rotatable bonds is 4. The second-order valence-electron chi connectivity index (χ2n) is 5.95. The maximum atomic E-state index is 13.3. The lowest BCUT2D eigenvalue weighted by Crippen LogP contribution is -2.45. The second-order valence-corrected chi connectivity index (χ2v) is 6.35. The Hall–Kier alpha value is -2.45. The number of nitrogens with zero attached hydrogens (tertiary/aromatic N) is 3. The molecule has 2 amide bonds. The van der Waals surface area contributed by atoms with Crippen LogP contribution in [0.5, 0.6) is 0 Å². The van der Waals surface area contributed by atoms with Crippen LogP contribution in [0.2, 0.25) is 5.02 Å². The minimum atomic E-state index is -0.680. The molecule has 1 aliphatic heterocycles.